The molecule has 2 aliphatic rings. The van der Waals surface area contributed by atoms with Gasteiger partial charge in [0.25, 0.3) is 11.8 Å². The molecular formula is C20H24N4O5S. The minimum absolute atomic E-state index is 0.00535. The molecule has 2 heterocycles. The van der Waals surface area contributed by atoms with Crippen LogP contribution in [0, 0.1) is 13.8 Å². The number of rotatable bonds is 5. The molecule has 1 saturated carbocycles. The van der Waals surface area contributed by atoms with E-state index in [1.165, 1.54) is 12.1 Å². The zero-order valence-electron chi connectivity index (χ0n) is 16.9. The summed E-state index contributed by atoms with van der Waals surface area (Å²) in [6, 6.07) is 6.20. The fraction of sp³-hybridized carbons (Fsp3) is 0.450. The molecule has 1 saturated heterocycles. The van der Waals surface area contributed by atoms with Crippen LogP contribution >= 0.6 is 0 Å². The highest BCUT2D eigenvalue weighted by Gasteiger charge is 2.30. The summed E-state index contributed by atoms with van der Waals surface area (Å²) in [5.41, 5.74) is 1.70. The second kappa shape index (κ2) is 7.84. The lowest BCUT2D eigenvalue weighted by molar-refractivity contribution is 0.0512. The van der Waals surface area contributed by atoms with Crippen molar-refractivity contribution in [3.63, 3.8) is 0 Å². The second-order valence-corrected chi connectivity index (χ2v) is 9.50. The van der Waals surface area contributed by atoms with Gasteiger partial charge in [-0.15, -0.1) is 0 Å². The van der Waals surface area contributed by atoms with Gasteiger partial charge in [0.15, 0.2) is 0 Å². The van der Waals surface area contributed by atoms with Crippen LogP contribution in [-0.2, 0) is 10.0 Å². The van der Waals surface area contributed by atoms with Gasteiger partial charge in [-0.25, -0.2) is 13.1 Å². The zero-order chi connectivity index (χ0) is 21.5. The van der Waals surface area contributed by atoms with E-state index >= 15 is 0 Å². The molecule has 0 unspecified atom stereocenters. The van der Waals surface area contributed by atoms with Gasteiger partial charge in [-0.3, -0.25) is 9.59 Å². The summed E-state index contributed by atoms with van der Waals surface area (Å²) >= 11 is 0. The van der Waals surface area contributed by atoms with Crippen molar-refractivity contribution in [2.75, 3.05) is 26.2 Å². The Bertz CT molecular complexity index is 1080. The van der Waals surface area contributed by atoms with Crippen LogP contribution in [0.4, 0.5) is 0 Å². The minimum atomic E-state index is -3.64. The molecule has 30 heavy (non-hydrogen) atoms. The highest BCUT2D eigenvalue weighted by molar-refractivity contribution is 7.89. The Morgan fingerprint density at radius 1 is 1.03 bits per heavy atom. The van der Waals surface area contributed by atoms with Crippen LogP contribution in [-0.4, -0.2) is 67.4 Å². The molecular weight excluding hydrogens is 408 g/mol. The van der Waals surface area contributed by atoms with Crippen LogP contribution < -0.4 is 4.72 Å². The molecule has 2 fully saturated rings. The van der Waals surface area contributed by atoms with Gasteiger partial charge in [0, 0.05) is 43.9 Å². The summed E-state index contributed by atoms with van der Waals surface area (Å²) in [4.78, 5) is 28.9. The summed E-state index contributed by atoms with van der Waals surface area (Å²) in [5.74, 6) is -0.305. The molecule has 160 valence electrons. The summed E-state index contributed by atoms with van der Waals surface area (Å²) in [5, 5.41) is 3.73. The molecule has 10 heteroatoms. The van der Waals surface area contributed by atoms with Crippen molar-refractivity contribution in [2.24, 2.45) is 0 Å². The number of amides is 2. The van der Waals surface area contributed by atoms with Gasteiger partial charge in [-0.1, -0.05) is 11.2 Å². The summed E-state index contributed by atoms with van der Waals surface area (Å²) in [6.07, 6.45) is 1.68. The molecule has 0 radical (unpaired) electrons. The first-order chi connectivity index (χ1) is 14.2. The summed E-state index contributed by atoms with van der Waals surface area (Å²) < 4.78 is 32.7. The van der Waals surface area contributed by atoms with Crippen molar-refractivity contribution in [3.8, 4) is 0 Å². The van der Waals surface area contributed by atoms with Crippen molar-refractivity contribution in [3.05, 3.63) is 46.8 Å². The zero-order valence-corrected chi connectivity index (χ0v) is 17.7. The standard InChI is InChI=1S/C20H24N4O5S/c1-13-3-6-16(30(27,28)22-15-4-5-15)12-17(13)19(25)23-7-9-24(10-8-23)20(26)18-11-14(2)21-29-18/h3,6,11-12,15,22H,4-5,7-10H2,1-2H3. The van der Waals surface area contributed by atoms with Crippen LogP contribution in [0.5, 0.6) is 0 Å². The molecule has 1 aliphatic heterocycles. The van der Waals surface area contributed by atoms with E-state index in [2.05, 4.69) is 9.88 Å². The minimum Gasteiger partial charge on any atom is -0.351 e. The third-order valence-electron chi connectivity index (χ3n) is 5.34. The predicted molar refractivity (Wildman–Crippen MR) is 108 cm³/mol. The predicted octanol–water partition coefficient (Wildman–Crippen LogP) is 1.33. The summed E-state index contributed by atoms with van der Waals surface area (Å²) in [7, 11) is -3.64. The van der Waals surface area contributed by atoms with E-state index in [9.17, 15) is 18.0 Å². The number of hydrogen-bond donors (Lipinski definition) is 1. The lowest BCUT2D eigenvalue weighted by Gasteiger charge is -2.34. The highest BCUT2D eigenvalue weighted by Crippen LogP contribution is 2.24. The van der Waals surface area contributed by atoms with Crippen LogP contribution in [0.15, 0.2) is 33.7 Å². The fourth-order valence-electron chi connectivity index (χ4n) is 3.39. The van der Waals surface area contributed by atoms with Gasteiger partial charge in [-0.05, 0) is 44.4 Å². The van der Waals surface area contributed by atoms with Crippen molar-refractivity contribution in [1.29, 1.82) is 0 Å². The molecule has 1 N–H and O–H groups in total. The molecule has 2 amide bonds. The average Bonchev–Trinajstić information content (AvgIpc) is 3.42. The molecule has 0 spiro atoms. The summed E-state index contributed by atoms with van der Waals surface area (Å²) in [6.45, 7) is 4.97. The largest absolute Gasteiger partial charge is 0.351 e. The van der Waals surface area contributed by atoms with Crippen LogP contribution in [0.25, 0.3) is 0 Å². The number of aromatic nitrogens is 1. The number of carbonyl (C=O) groups is 2. The van der Waals surface area contributed by atoms with Crippen molar-refractivity contribution in [1.82, 2.24) is 19.7 Å². The quantitative estimate of drug-likeness (QED) is 0.763. The molecule has 1 aromatic carbocycles. The molecule has 1 aliphatic carbocycles. The monoisotopic (exact) mass is 432 g/mol. The number of hydrogen-bond acceptors (Lipinski definition) is 6. The van der Waals surface area contributed by atoms with Crippen LogP contribution in [0.2, 0.25) is 0 Å². The van der Waals surface area contributed by atoms with E-state index in [0.717, 1.165) is 12.8 Å². The van der Waals surface area contributed by atoms with Crippen LogP contribution in [0.1, 0.15) is 45.0 Å². The van der Waals surface area contributed by atoms with E-state index in [1.807, 2.05) is 0 Å². The molecule has 0 atom stereocenters. The lowest BCUT2D eigenvalue weighted by atomic mass is 10.1. The molecule has 1 aromatic heterocycles. The number of carbonyl (C=O) groups excluding carboxylic acids is 2. The Balaban J connectivity index is 1.45. The average molecular weight is 433 g/mol. The fourth-order valence-corrected chi connectivity index (χ4v) is 4.72. The van der Waals surface area contributed by atoms with E-state index in [0.29, 0.717) is 43.0 Å². The first-order valence-electron chi connectivity index (χ1n) is 9.89. The van der Waals surface area contributed by atoms with Gasteiger partial charge < -0.3 is 14.3 Å². The molecule has 2 aromatic rings. The number of nitrogens with zero attached hydrogens (tertiary/aromatic N) is 3. The second-order valence-electron chi connectivity index (χ2n) is 7.79. The number of sulfonamides is 1. The van der Waals surface area contributed by atoms with Crippen LogP contribution in [0.3, 0.4) is 0 Å². The van der Waals surface area contributed by atoms with E-state index in [4.69, 9.17) is 4.52 Å². The molecule has 0 bridgehead atoms. The van der Waals surface area contributed by atoms with Gasteiger partial charge in [-0.2, -0.15) is 0 Å². The first-order valence-corrected chi connectivity index (χ1v) is 11.4. The SMILES string of the molecule is Cc1cc(C(=O)N2CCN(C(=O)c3cc(S(=O)(=O)NC4CC4)ccc3C)CC2)on1. The van der Waals surface area contributed by atoms with Crippen molar-refractivity contribution < 1.29 is 22.5 Å². The Labute approximate surface area is 175 Å². The lowest BCUT2D eigenvalue weighted by Crippen LogP contribution is -2.50. The molecule has 9 nitrogen and oxygen atoms in total. The first kappa shape index (κ1) is 20.5. The third kappa shape index (κ3) is 4.24. The van der Waals surface area contributed by atoms with E-state index < -0.39 is 10.0 Å². The number of piperazine rings is 1. The van der Waals surface area contributed by atoms with Crippen molar-refractivity contribution >= 4 is 21.8 Å². The van der Waals surface area contributed by atoms with Gasteiger partial charge >= 0.3 is 0 Å². The van der Waals surface area contributed by atoms with Gasteiger partial charge in [0.05, 0.1) is 10.6 Å². The maximum atomic E-state index is 13.1. The maximum absolute atomic E-state index is 13.1. The van der Waals surface area contributed by atoms with E-state index in [-0.39, 0.29) is 28.5 Å². The molecule has 4 rings (SSSR count). The number of benzene rings is 1. The Morgan fingerprint density at radius 3 is 2.23 bits per heavy atom. The third-order valence-corrected chi connectivity index (χ3v) is 6.86. The van der Waals surface area contributed by atoms with Gasteiger partial charge in [0.1, 0.15) is 0 Å². The van der Waals surface area contributed by atoms with E-state index in [1.54, 1.807) is 35.8 Å². The number of aryl methyl sites for hydroxylation is 2. The maximum Gasteiger partial charge on any atom is 0.292 e. The topological polar surface area (TPSA) is 113 Å². The normalized spacial score (nSPS) is 17.3. The van der Waals surface area contributed by atoms with Crippen molar-refractivity contribution in [2.45, 2.75) is 37.6 Å². The van der Waals surface area contributed by atoms with Gasteiger partial charge in [0.2, 0.25) is 15.8 Å². The Morgan fingerprint density at radius 2 is 1.67 bits per heavy atom. The smallest absolute Gasteiger partial charge is 0.292 e. The Kier molecular flexibility index (Phi) is 5.37. The number of nitrogens with one attached hydrogen (secondary N) is 1. The highest BCUT2D eigenvalue weighted by atomic mass is 32.2. The Hall–Kier alpha value is -2.72.